The maximum atomic E-state index is 11.7. The first-order valence-electron chi connectivity index (χ1n) is 8.01. The zero-order chi connectivity index (χ0) is 16.8. The molecular weight excluding hydrogens is 292 g/mol. The molecule has 0 radical (unpaired) electrons. The predicted octanol–water partition coefficient (Wildman–Crippen LogP) is 2.32. The van der Waals surface area contributed by atoms with Crippen LogP contribution in [0.4, 0.5) is 0 Å². The Morgan fingerprint density at radius 2 is 2.09 bits per heavy atom. The van der Waals surface area contributed by atoms with Crippen molar-refractivity contribution in [1.29, 1.82) is 0 Å². The highest BCUT2D eigenvalue weighted by atomic mass is 16.5. The van der Waals surface area contributed by atoms with Crippen LogP contribution >= 0.6 is 0 Å². The maximum Gasteiger partial charge on any atom is 0.219 e. The number of ether oxygens (including phenoxy) is 2. The highest BCUT2D eigenvalue weighted by molar-refractivity contribution is 5.75. The van der Waals surface area contributed by atoms with E-state index in [9.17, 15) is 4.79 Å². The fourth-order valence-electron chi connectivity index (χ4n) is 3.04. The quantitative estimate of drug-likeness (QED) is 0.784. The van der Waals surface area contributed by atoms with Crippen molar-refractivity contribution in [2.24, 2.45) is 0 Å². The summed E-state index contributed by atoms with van der Waals surface area (Å²) in [5.41, 5.74) is 2.44. The van der Waals surface area contributed by atoms with Crippen molar-refractivity contribution in [2.75, 3.05) is 33.9 Å². The standard InChI is InChI=1S/C18H26N2O3/c1-5-8-20-9-7-13-10-16(22-3)17(23-4)11-14(13)15(20)12-19-18(21)6-2/h5,10-11,15H,1,6-9,12H2,2-4H3,(H,19,21). The van der Waals surface area contributed by atoms with Crippen LogP contribution in [-0.2, 0) is 11.2 Å². The first kappa shape index (κ1) is 17.3. The number of carbonyl (C=O) groups excluding carboxylic acids is 1. The van der Waals surface area contributed by atoms with Crippen LogP contribution in [0.1, 0.15) is 30.5 Å². The Morgan fingerprint density at radius 1 is 1.39 bits per heavy atom. The SMILES string of the molecule is C=CCN1CCc2cc(OC)c(OC)cc2C1CNC(=O)CC. The van der Waals surface area contributed by atoms with Crippen LogP contribution in [0.2, 0.25) is 0 Å². The molecule has 5 nitrogen and oxygen atoms in total. The number of methoxy groups -OCH3 is 2. The molecule has 2 rings (SSSR count). The summed E-state index contributed by atoms with van der Waals surface area (Å²) in [7, 11) is 3.29. The summed E-state index contributed by atoms with van der Waals surface area (Å²) in [6.07, 6.45) is 3.34. The van der Waals surface area contributed by atoms with Crippen LogP contribution < -0.4 is 14.8 Å². The van der Waals surface area contributed by atoms with E-state index < -0.39 is 0 Å². The predicted molar refractivity (Wildman–Crippen MR) is 91.1 cm³/mol. The van der Waals surface area contributed by atoms with E-state index in [1.807, 2.05) is 25.1 Å². The summed E-state index contributed by atoms with van der Waals surface area (Å²) in [6, 6.07) is 4.20. The normalized spacial score (nSPS) is 17.3. The van der Waals surface area contributed by atoms with E-state index in [2.05, 4.69) is 16.8 Å². The van der Waals surface area contributed by atoms with Gasteiger partial charge in [-0.2, -0.15) is 0 Å². The van der Waals surface area contributed by atoms with E-state index in [1.165, 1.54) is 11.1 Å². The average molecular weight is 318 g/mol. The molecule has 1 aliphatic rings. The Balaban J connectivity index is 2.35. The third-order valence-electron chi connectivity index (χ3n) is 4.29. The molecule has 23 heavy (non-hydrogen) atoms. The number of rotatable bonds is 7. The van der Waals surface area contributed by atoms with Crippen LogP contribution in [0, 0.1) is 0 Å². The van der Waals surface area contributed by atoms with Crippen molar-refractivity contribution < 1.29 is 14.3 Å². The topological polar surface area (TPSA) is 50.8 Å². The Bertz CT molecular complexity index is 572. The van der Waals surface area contributed by atoms with Gasteiger partial charge in [-0.3, -0.25) is 9.69 Å². The Morgan fingerprint density at radius 3 is 2.70 bits per heavy atom. The molecule has 0 aromatic heterocycles. The number of carbonyl (C=O) groups is 1. The molecule has 1 heterocycles. The monoisotopic (exact) mass is 318 g/mol. The number of hydrogen-bond acceptors (Lipinski definition) is 4. The second kappa shape index (κ2) is 8.02. The molecule has 0 saturated heterocycles. The van der Waals surface area contributed by atoms with E-state index in [0.29, 0.717) is 13.0 Å². The van der Waals surface area contributed by atoms with Crippen LogP contribution in [0.15, 0.2) is 24.8 Å². The molecule has 1 aromatic rings. The second-order valence-electron chi connectivity index (χ2n) is 5.61. The molecule has 1 aromatic carbocycles. The van der Waals surface area contributed by atoms with Crippen molar-refractivity contribution >= 4 is 5.91 Å². The largest absolute Gasteiger partial charge is 0.493 e. The second-order valence-corrected chi connectivity index (χ2v) is 5.61. The van der Waals surface area contributed by atoms with Gasteiger partial charge >= 0.3 is 0 Å². The van der Waals surface area contributed by atoms with Crippen LogP contribution in [0.5, 0.6) is 11.5 Å². The van der Waals surface area contributed by atoms with Gasteiger partial charge < -0.3 is 14.8 Å². The van der Waals surface area contributed by atoms with Crippen LogP contribution in [-0.4, -0.2) is 44.7 Å². The smallest absolute Gasteiger partial charge is 0.219 e. The van der Waals surface area contributed by atoms with Crippen molar-refractivity contribution in [3.05, 3.63) is 35.9 Å². The molecule has 5 heteroatoms. The van der Waals surface area contributed by atoms with Gasteiger partial charge in [0.25, 0.3) is 0 Å². The summed E-state index contributed by atoms with van der Waals surface area (Å²) >= 11 is 0. The van der Waals surface area contributed by atoms with Crippen LogP contribution in [0.25, 0.3) is 0 Å². The summed E-state index contributed by atoms with van der Waals surface area (Å²) < 4.78 is 10.8. The fourth-order valence-corrected chi connectivity index (χ4v) is 3.04. The van der Waals surface area contributed by atoms with E-state index in [-0.39, 0.29) is 11.9 Å². The van der Waals surface area contributed by atoms with Gasteiger partial charge in [0.2, 0.25) is 5.91 Å². The number of nitrogens with one attached hydrogen (secondary N) is 1. The van der Waals surface area contributed by atoms with Gasteiger partial charge in [-0.05, 0) is 29.7 Å². The first-order valence-corrected chi connectivity index (χ1v) is 8.01. The van der Waals surface area contributed by atoms with Crippen molar-refractivity contribution in [1.82, 2.24) is 10.2 Å². The van der Waals surface area contributed by atoms with Gasteiger partial charge in [0, 0.05) is 26.1 Å². The van der Waals surface area contributed by atoms with Gasteiger partial charge in [-0.1, -0.05) is 13.0 Å². The zero-order valence-corrected chi connectivity index (χ0v) is 14.2. The number of hydrogen-bond donors (Lipinski definition) is 1. The van der Waals surface area contributed by atoms with Crippen molar-refractivity contribution in [3.8, 4) is 11.5 Å². The summed E-state index contributed by atoms with van der Waals surface area (Å²) in [5, 5.41) is 3.01. The lowest BCUT2D eigenvalue weighted by molar-refractivity contribution is -0.121. The lowest BCUT2D eigenvalue weighted by atomic mass is 9.91. The highest BCUT2D eigenvalue weighted by Gasteiger charge is 2.28. The summed E-state index contributed by atoms with van der Waals surface area (Å²) in [5.74, 6) is 1.54. The fraction of sp³-hybridized carbons (Fsp3) is 0.500. The molecule has 1 aliphatic heterocycles. The van der Waals surface area contributed by atoms with Gasteiger partial charge in [-0.25, -0.2) is 0 Å². The number of nitrogens with zero attached hydrogens (tertiary/aromatic N) is 1. The first-order chi connectivity index (χ1) is 11.1. The third-order valence-corrected chi connectivity index (χ3v) is 4.29. The Hall–Kier alpha value is -2.01. The third kappa shape index (κ3) is 3.85. The Kier molecular flexibility index (Phi) is 6.04. The van der Waals surface area contributed by atoms with E-state index in [1.54, 1.807) is 14.2 Å². The van der Waals surface area contributed by atoms with E-state index in [4.69, 9.17) is 9.47 Å². The summed E-state index contributed by atoms with van der Waals surface area (Å²) in [4.78, 5) is 14.0. The van der Waals surface area contributed by atoms with Gasteiger partial charge in [-0.15, -0.1) is 6.58 Å². The van der Waals surface area contributed by atoms with Crippen molar-refractivity contribution in [2.45, 2.75) is 25.8 Å². The molecule has 0 bridgehead atoms. The highest BCUT2D eigenvalue weighted by Crippen LogP contribution is 2.37. The molecular formula is C18H26N2O3. The summed E-state index contributed by atoms with van der Waals surface area (Å²) in [6.45, 7) is 8.01. The van der Waals surface area contributed by atoms with E-state index >= 15 is 0 Å². The van der Waals surface area contributed by atoms with Gasteiger partial charge in [0.15, 0.2) is 11.5 Å². The molecule has 0 fully saturated rings. The van der Waals surface area contributed by atoms with Crippen molar-refractivity contribution in [3.63, 3.8) is 0 Å². The van der Waals surface area contributed by atoms with E-state index in [0.717, 1.165) is 31.0 Å². The molecule has 0 aliphatic carbocycles. The molecule has 0 saturated carbocycles. The van der Waals surface area contributed by atoms with Crippen LogP contribution in [0.3, 0.4) is 0 Å². The molecule has 0 spiro atoms. The number of benzene rings is 1. The van der Waals surface area contributed by atoms with Gasteiger partial charge in [0.05, 0.1) is 20.3 Å². The lowest BCUT2D eigenvalue weighted by Gasteiger charge is -2.37. The lowest BCUT2D eigenvalue weighted by Crippen LogP contribution is -2.42. The minimum absolute atomic E-state index is 0.0659. The minimum atomic E-state index is 0.0659. The minimum Gasteiger partial charge on any atom is -0.493 e. The Labute approximate surface area is 138 Å². The molecule has 1 amide bonds. The maximum absolute atomic E-state index is 11.7. The van der Waals surface area contributed by atoms with Gasteiger partial charge in [0.1, 0.15) is 0 Å². The average Bonchev–Trinajstić information content (AvgIpc) is 2.59. The molecule has 1 atom stereocenters. The molecule has 126 valence electrons. The molecule has 1 unspecified atom stereocenters. The number of amides is 1. The number of fused-ring (bicyclic) bond motifs is 1. The zero-order valence-electron chi connectivity index (χ0n) is 14.2. The molecule has 1 N–H and O–H groups in total.